The van der Waals surface area contributed by atoms with Crippen LogP contribution in [0.2, 0.25) is 0 Å². The maximum atomic E-state index is 11.1. The lowest BCUT2D eigenvalue weighted by Crippen LogP contribution is -2.15. The van der Waals surface area contributed by atoms with Gasteiger partial charge in [0.1, 0.15) is 5.56 Å². The Hall–Kier alpha value is -1.62. The molecular weight excluding hydrogens is 222 g/mol. The summed E-state index contributed by atoms with van der Waals surface area (Å²) < 4.78 is 10.7. The van der Waals surface area contributed by atoms with Gasteiger partial charge in [-0.15, -0.1) is 0 Å². The van der Waals surface area contributed by atoms with Gasteiger partial charge in [-0.1, -0.05) is 0 Å². The number of hydrogen-bond acceptors (Lipinski definition) is 4. The van der Waals surface area contributed by atoms with E-state index in [1.54, 1.807) is 19.2 Å². The van der Waals surface area contributed by atoms with Crippen molar-refractivity contribution in [2.75, 3.05) is 19.8 Å². The van der Waals surface area contributed by atoms with Crippen LogP contribution in [0.15, 0.2) is 12.3 Å². The minimum atomic E-state index is -1.01. The molecule has 1 N–H and O–H groups in total. The average Bonchev–Trinajstić information content (AvgIpc) is 2.78. The molecule has 0 saturated carbocycles. The molecule has 1 aromatic heterocycles. The number of ether oxygens (including phenoxy) is 2. The van der Waals surface area contributed by atoms with E-state index < -0.39 is 5.97 Å². The molecular formula is C12H15NO4. The molecule has 17 heavy (non-hydrogen) atoms. The molecule has 1 aliphatic rings. The Balaban J connectivity index is 2.09. The average molecular weight is 237 g/mol. The standard InChI is InChI=1S/C12H15NO4/c1-8-2-4-13-11(10(8)12(14)15)17-7-9-3-5-16-6-9/h2,4,9H,3,5-7H2,1H3,(H,14,15). The maximum absolute atomic E-state index is 11.1. The molecule has 0 aromatic carbocycles. The second-order valence-electron chi connectivity index (χ2n) is 4.15. The number of aromatic nitrogens is 1. The van der Waals surface area contributed by atoms with E-state index in [-0.39, 0.29) is 11.4 Å². The second kappa shape index (κ2) is 5.14. The van der Waals surface area contributed by atoms with E-state index in [9.17, 15) is 4.79 Å². The zero-order valence-corrected chi connectivity index (χ0v) is 9.68. The topological polar surface area (TPSA) is 68.7 Å². The van der Waals surface area contributed by atoms with Gasteiger partial charge in [-0.25, -0.2) is 9.78 Å². The predicted octanol–water partition coefficient (Wildman–Crippen LogP) is 1.50. The number of nitrogens with zero attached hydrogens (tertiary/aromatic N) is 1. The van der Waals surface area contributed by atoms with Gasteiger partial charge >= 0.3 is 5.97 Å². The molecule has 1 aliphatic heterocycles. The summed E-state index contributed by atoms with van der Waals surface area (Å²) in [6, 6.07) is 1.66. The highest BCUT2D eigenvalue weighted by Gasteiger charge is 2.20. The van der Waals surface area contributed by atoms with Crippen LogP contribution in [0.4, 0.5) is 0 Å². The maximum Gasteiger partial charge on any atom is 0.341 e. The van der Waals surface area contributed by atoms with Gasteiger partial charge in [-0.05, 0) is 25.0 Å². The van der Waals surface area contributed by atoms with E-state index in [0.29, 0.717) is 24.7 Å². The number of carboxylic acid groups (broad SMARTS) is 1. The molecule has 1 unspecified atom stereocenters. The normalized spacial score (nSPS) is 19.2. The fraction of sp³-hybridized carbons (Fsp3) is 0.500. The number of pyridine rings is 1. The molecule has 0 spiro atoms. The summed E-state index contributed by atoms with van der Waals surface area (Å²) in [4.78, 5) is 15.1. The van der Waals surface area contributed by atoms with Crippen LogP contribution >= 0.6 is 0 Å². The highest BCUT2D eigenvalue weighted by Crippen LogP contribution is 2.21. The van der Waals surface area contributed by atoms with Crippen LogP contribution in [0.25, 0.3) is 0 Å². The number of carbonyl (C=O) groups is 1. The minimum absolute atomic E-state index is 0.145. The first-order chi connectivity index (χ1) is 8.18. The minimum Gasteiger partial charge on any atom is -0.477 e. The van der Waals surface area contributed by atoms with Crippen molar-refractivity contribution in [3.8, 4) is 5.88 Å². The Labute approximate surface area is 99.4 Å². The fourth-order valence-corrected chi connectivity index (χ4v) is 1.81. The molecule has 0 aliphatic carbocycles. The van der Waals surface area contributed by atoms with Crippen LogP contribution in [-0.4, -0.2) is 35.9 Å². The SMILES string of the molecule is Cc1ccnc(OCC2CCOC2)c1C(=O)O. The first-order valence-electron chi connectivity index (χ1n) is 5.58. The summed E-state index contributed by atoms with van der Waals surface area (Å²) in [5.74, 6) is -0.475. The molecule has 1 fully saturated rings. The number of aromatic carboxylic acids is 1. The largest absolute Gasteiger partial charge is 0.477 e. The van der Waals surface area contributed by atoms with Crippen molar-refractivity contribution in [3.05, 3.63) is 23.4 Å². The van der Waals surface area contributed by atoms with Gasteiger partial charge in [0.05, 0.1) is 13.2 Å². The lowest BCUT2D eigenvalue weighted by molar-refractivity contribution is 0.0689. The Kier molecular flexibility index (Phi) is 3.58. The summed E-state index contributed by atoms with van der Waals surface area (Å²) in [7, 11) is 0. The van der Waals surface area contributed by atoms with Crippen molar-refractivity contribution in [2.24, 2.45) is 5.92 Å². The van der Waals surface area contributed by atoms with Crippen molar-refractivity contribution in [2.45, 2.75) is 13.3 Å². The molecule has 5 heteroatoms. The van der Waals surface area contributed by atoms with Gasteiger partial charge in [0, 0.05) is 18.7 Å². The number of carboxylic acids is 1. The Bertz CT molecular complexity index is 413. The monoisotopic (exact) mass is 237 g/mol. The summed E-state index contributed by atoms with van der Waals surface area (Å²) in [5, 5.41) is 9.09. The molecule has 92 valence electrons. The summed E-state index contributed by atoms with van der Waals surface area (Å²) in [6.07, 6.45) is 2.51. The third-order valence-corrected chi connectivity index (χ3v) is 2.82. The van der Waals surface area contributed by atoms with Crippen molar-refractivity contribution < 1.29 is 19.4 Å². The highest BCUT2D eigenvalue weighted by molar-refractivity contribution is 5.91. The lowest BCUT2D eigenvalue weighted by Gasteiger charge is -2.12. The molecule has 1 atom stereocenters. The Morgan fingerprint density at radius 2 is 2.53 bits per heavy atom. The van der Waals surface area contributed by atoms with E-state index in [0.717, 1.165) is 13.0 Å². The number of rotatable bonds is 4. The van der Waals surface area contributed by atoms with Gasteiger partial charge in [-0.3, -0.25) is 0 Å². The van der Waals surface area contributed by atoms with Crippen molar-refractivity contribution in [3.63, 3.8) is 0 Å². The first kappa shape index (κ1) is 11.9. The van der Waals surface area contributed by atoms with Gasteiger partial charge < -0.3 is 14.6 Å². The van der Waals surface area contributed by atoms with E-state index in [4.69, 9.17) is 14.6 Å². The third-order valence-electron chi connectivity index (χ3n) is 2.82. The van der Waals surface area contributed by atoms with Gasteiger partial charge in [0.2, 0.25) is 5.88 Å². The number of hydrogen-bond donors (Lipinski definition) is 1. The molecule has 0 bridgehead atoms. The van der Waals surface area contributed by atoms with Gasteiger partial charge in [-0.2, -0.15) is 0 Å². The van der Waals surface area contributed by atoms with Crippen LogP contribution in [0.5, 0.6) is 5.88 Å². The van der Waals surface area contributed by atoms with Crippen LogP contribution in [-0.2, 0) is 4.74 Å². The van der Waals surface area contributed by atoms with Crippen molar-refractivity contribution >= 4 is 5.97 Å². The fourth-order valence-electron chi connectivity index (χ4n) is 1.81. The quantitative estimate of drug-likeness (QED) is 0.859. The molecule has 1 saturated heterocycles. The zero-order valence-electron chi connectivity index (χ0n) is 9.68. The second-order valence-corrected chi connectivity index (χ2v) is 4.15. The van der Waals surface area contributed by atoms with E-state index in [2.05, 4.69) is 4.98 Å². The third kappa shape index (κ3) is 2.74. The van der Waals surface area contributed by atoms with Gasteiger partial charge in [0.25, 0.3) is 0 Å². The highest BCUT2D eigenvalue weighted by atomic mass is 16.5. The summed E-state index contributed by atoms with van der Waals surface area (Å²) in [5.41, 5.74) is 0.802. The van der Waals surface area contributed by atoms with Crippen LogP contribution in [0, 0.1) is 12.8 Å². The molecule has 2 rings (SSSR count). The van der Waals surface area contributed by atoms with Crippen molar-refractivity contribution in [1.29, 1.82) is 0 Å². The smallest absolute Gasteiger partial charge is 0.341 e. The zero-order chi connectivity index (χ0) is 12.3. The lowest BCUT2D eigenvalue weighted by atomic mass is 10.1. The van der Waals surface area contributed by atoms with Crippen LogP contribution in [0.3, 0.4) is 0 Å². The van der Waals surface area contributed by atoms with E-state index in [1.165, 1.54) is 0 Å². The predicted molar refractivity (Wildman–Crippen MR) is 60.4 cm³/mol. The molecule has 2 heterocycles. The summed E-state index contributed by atoms with van der Waals surface area (Å²) in [6.45, 7) is 3.61. The molecule has 0 amide bonds. The Morgan fingerprint density at radius 1 is 1.71 bits per heavy atom. The molecule has 5 nitrogen and oxygen atoms in total. The van der Waals surface area contributed by atoms with Crippen LogP contribution < -0.4 is 4.74 Å². The van der Waals surface area contributed by atoms with E-state index in [1.807, 2.05) is 0 Å². The Morgan fingerprint density at radius 3 is 3.18 bits per heavy atom. The number of aryl methyl sites for hydroxylation is 1. The van der Waals surface area contributed by atoms with Crippen LogP contribution in [0.1, 0.15) is 22.3 Å². The molecule has 1 aromatic rings. The van der Waals surface area contributed by atoms with E-state index >= 15 is 0 Å². The molecule has 0 radical (unpaired) electrons. The summed E-state index contributed by atoms with van der Waals surface area (Å²) >= 11 is 0. The van der Waals surface area contributed by atoms with Crippen molar-refractivity contribution in [1.82, 2.24) is 4.98 Å². The van der Waals surface area contributed by atoms with Gasteiger partial charge in [0.15, 0.2) is 0 Å². The first-order valence-corrected chi connectivity index (χ1v) is 5.58.